The van der Waals surface area contributed by atoms with Gasteiger partial charge in [-0.2, -0.15) is 0 Å². The Morgan fingerprint density at radius 1 is 1.21 bits per heavy atom. The maximum atomic E-state index is 13.2. The van der Waals surface area contributed by atoms with Crippen molar-refractivity contribution in [2.24, 2.45) is 28.8 Å². The molecule has 3 fully saturated rings. The Hall–Kier alpha value is -1.91. The number of fused-ring (bicyclic) bond motifs is 3. The van der Waals surface area contributed by atoms with Gasteiger partial charge in [-0.15, -0.1) is 12.3 Å². The third-order valence-corrected chi connectivity index (χ3v) is 6.19. The summed E-state index contributed by atoms with van der Waals surface area (Å²) in [6.45, 7) is 5.88. The van der Waals surface area contributed by atoms with Gasteiger partial charge in [0.05, 0.1) is 29.8 Å². The van der Waals surface area contributed by atoms with Gasteiger partial charge in [0.2, 0.25) is 11.8 Å². The molecule has 7 nitrogen and oxygen atoms in total. The van der Waals surface area contributed by atoms with Crippen LogP contribution in [0.1, 0.15) is 52.9 Å². The van der Waals surface area contributed by atoms with Crippen molar-refractivity contribution in [3.63, 3.8) is 0 Å². The first-order chi connectivity index (χ1) is 13.2. The number of oxime groups is 1. The molecule has 0 unspecified atom stereocenters. The molecule has 2 saturated carbocycles. The SMILES string of the molecule is C#CCCCO/N=C1\C[C@@H](O)[C@@H](O)[C@@H]2[C@@H]3C(=O)N(C(C)(C)C)C(=O)[C@@H]3CC[C@@H]12. The van der Waals surface area contributed by atoms with E-state index in [2.05, 4.69) is 11.1 Å². The summed E-state index contributed by atoms with van der Waals surface area (Å²) in [4.78, 5) is 32.8. The number of rotatable bonds is 4. The van der Waals surface area contributed by atoms with E-state index in [0.29, 0.717) is 38.0 Å². The second kappa shape index (κ2) is 7.84. The minimum atomic E-state index is -1.06. The molecular formula is C21H30N2O5. The molecule has 28 heavy (non-hydrogen) atoms. The monoisotopic (exact) mass is 390 g/mol. The maximum absolute atomic E-state index is 13.2. The lowest BCUT2D eigenvalue weighted by Crippen LogP contribution is -2.55. The Labute approximate surface area is 166 Å². The van der Waals surface area contributed by atoms with Crippen LogP contribution in [0.4, 0.5) is 0 Å². The van der Waals surface area contributed by atoms with Gasteiger partial charge in [0, 0.05) is 30.2 Å². The topological polar surface area (TPSA) is 99.4 Å². The average molecular weight is 390 g/mol. The molecule has 0 aromatic rings. The van der Waals surface area contributed by atoms with Crippen molar-refractivity contribution in [3.8, 4) is 12.3 Å². The lowest BCUT2D eigenvalue weighted by molar-refractivity contribution is -0.146. The molecule has 3 aliphatic rings. The van der Waals surface area contributed by atoms with E-state index in [9.17, 15) is 19.8 Å². The van der Waals surface area contributed by atoms with Gasteiger partial charge in [-0.05, 0) is 40.0 Å². The molecule has 2 aliphatic carbocycles. The Morgan fingerprint density at radius 2 is 1.89 bits per heavy atom. The Kier molecular flexibility index (Phi) is 5.83. The fourth-order valence-electron chi connectivity index (χ4n) is 5.00. The predicted octanol–water partition coefficient (Wildman–Crippen LogP) is 1.32. The summed E-state index contributed by atoms with van der Waals surface area (Å²) in [5.74, 6) is 0.352. The summed E-state index contributed by atoms with van der Waals surface area (Å²) in [5.41, 5.74) is 0.0486. The van der Waals surface area contributed by atoms with Gasteiger partial charge in [0.25, 0.3) is 0 Å². The highest BCUT2D eigenvalue weighted by Crippen LogP contribution is 2.50. The number of carbonyl (C=O) groups excluding carboxylic acids is 2. The molecule has 6 atom stereocenters. The lowest BCUT2D eigenvalue weighted by atomic mass is 9.60. The van der Waals surface area contributed by atoms with Gasteiger partial charge >= 0.3 is 0 Å². The third kappa shape index (κ3) is 3.56. The number of nitrogens with zero attached hydrogens (tertiary/aromatic N) is 2. The van der Waals surface area contributed by atoms with Crippen LogP contribution in [-0.4, -0.2) is 57.0 Å². The van der Waals surface area contributed by atoms with Gasteiger partial charge in [0.1, 0.15) is 6.61 Å². The molecule has 0 aromatic heterocycles. The zero-order valence-electron chi connectivity index (χ0n) is 16.8. The number of aliphatic hydroxyl groups is 2. The maximum Gasteiger partial charge on any atom is 0.233 e. The minimum absolute atomic E-state index is 0.169. The average Bonchev–Trinajstić information content (AvgIpc) is 2.89. The van der Waals surface area contributed by atoms with E-state index in [1.54, 1.807) is 0 Å². The molecule has 1 aliphatic heterocycles. The summed E-state index contributed by atoms with van der Waals surface area (Å²) in [5, 5.41) is 25.3. The number of hydrogen-bond acceptors (Lipinski definition) is 6. The molecular weight excluding hydrogens is 360 g/mol. The van der Waals surface area contributed by atoms with Crippen LogP contribution in [0.3, 0.4) is 0 Å². The molecule has 154 valence electrons. The van der Waals surface area contributed by atoms with Gasteiger partial charge in [-0.3, -0.25) is 14.5 Å². The number of terminal acetylenes is 1. The van der Waals surface area contributed by atoms with Crippen LogP contribution in [0.25, 0.3) is 0 Å². The van der Waals surface area contributed by atoms with E-state index in [4.69, 9.17) is 11.3 Å². The first kappa shape index (κ1) is 20.8. The number of imide groups is 1. The largest absolute Gasteiger partial charge is 0.396 e. The van der Waals surface area contributed by atoms with Crippen molar-refractivity contribution >= 4 is 17.5 Å². The highest BCUT2D eigenvalue weighted by Gasteiger charge is 2.61. The summed E-state index contributed by atoms with van der Waals surface area (Å²) in [7, 11) is 0. The van der Waals surface area contributed by atoms with Crippen LogP contribution >= 0.6 is 0 Å². The predicted molar refractivity (Wildman–Crippen MR) is 103 cm³/mol. The van der Waals surface area contributed by atoms with Crippen molar-refractivity contribution in [2.75, 3.05) is 6.61 Å². The van der Waals surface area contributed by atoms with Crippen molar-refractivity contribution in [2.45, 2.75) is 70.6 Å². The van der Waals surface area contributed by atoms with E-state index in [-0.39, 0.29) is 24.2 Å². The van der Waals surface area contributed by atoms with E-state index < -0.39 is 35.5 Å². The second-order valence-electron chi connectivity index (χ2n) is 9.06. The van der Waals surface area contributed by atoms with Crippen LogP contribution < -0.4 is 0 Å². The first-order valence-electron chi connectivity index (χ1n) is 10.0. The summed E-state index contributed by atoms with van der Waals surface area (Å²) >= 11 is 0. The fourth-order valence-corrected chi connectivity index (χ4v) is 5.00. The standard InChI is InChI=1S/C21H30N2O5/c1-5-6-7-10-28-22-14-11-15(24)18(25)16-12(14)8-9-13-17(16)20(27)23(19(13)26)21(2,3)4/h1,12-13,15-18,24-25H,6-11H2,2-4H3/b22-14+/t12-,13+,15+,16-,17+,18+/m0/s1. The highest BCUT2D eigenvalue weighted by molar-refractivity contribution is 6.06. The molecule has 1 saturated heterocycles. The van der Waals surface area contributed by atoms with Gasteiger partial charge in [-0.1, -0.05) is 5.16 Å². The Bertz CT molecular complexity index is 705. The number of amides is 2. The highest BCUT2D eigenvalue weighted by atomic mass is 16.6. The smallest absolute Gasteiger partial charge is 0.233 e. The lowest BCUT2D eigenvalue weighted by Gasteiger charge is -2.45. The van der Waals surface area contributed by atoms with Gasteiger partial charge in [-0.25, -0.2) is 0 Å². The van der Waals surface area contributed by atoms with Crippen LogP contribution in [0.2, 0.25) is 0 Å². The summed E-state index contributed by atoms with van der Waals surface area (Å²) in [6, 6.07) is 0. The molecule has 0 radical (unpaired) electrons. The fraction of sp³-hybridized carbons (Fsp3) is 0.762. The summed E-state index contributed by atoms with van der Waals surface area (Å²) < 4.78 is 0. The molecule has 2 N–H and O–H groups in total. The zero-order chi connectivity index (χ0) is 20.6. The van der Waals surface area contributed by atoms with Crippen molar-refractivity contribution in [1.82, 2.24) is 4.90 Å². The van der Waals surface area contributed by atoms with Crippen molar-refractivity contribution in [1.29, 1.82) is 0 Å². The quantitative estimate of drug-likeness (QED) is 0.326. The Morgan fingerprint density at radius 3 is 2.54 bits per heavy atom. The molecule has 7 heteroatoms. The zero-order valence-corrected chi connectivity index (χ0v) is 16.8. The second-order valence-corrected chi connectivity index (χ2v) is 9.06. The number of aliphatic hydroxyl groups excluding tert-OH is 2. The van der Waals surface area contributed by atoms with Crippen LogP contribution in [0.15, 0.2) is 5.16 Å². The van der Waals surface area contributed by atoms with Crippen LogP contribution in [0.5, 0.6) is 0 Å². The number of likely N-dealkylation sites (tertiary alicyclic amines) is 1. The molecule has 1 heterocycles. The minimum Gasteiger partial charge on any atom is -0.396 e. The first-order valence-corrected chi connectivity index (χ1v) is 10.0. The number of carbonyl (C=O) groups is 2. The molecule has 0 spiro atoms. The van der Waals surface area contributed by atoms with E-state index in [0.717, 1.165) is 0 Å². The van der Waals surface area contributed by atoms with E-state index >= 15 is 0 Å². The van der Waals surface area contributed by atoms with Crippen molar-refractivity contribution < 1.29 is 24.6 Å². The number of hydrogen-bond donors (Lipinski definition) is 2. The summed E-state index contributed by atoms with van der Waals surface area (Å²) in [6.07, 6.45) is 5.84. The van der Waals surface area contributed by atoms with E-state index in [1.807, 2.05) is 20.8 Å². The van der Waals surface area contributed by atoms with Crippen LogP contribution in [-0.2, 0) is 14.4 Å². The molecule has 3 rings (SSSR count). The molecule has 2 amide bonds. The molecule has 0 bridgehead atoms. The molecule has 0 aromatic carbocycles. The van der Waals surface area contributed by atoms with Gasteiger partial charge < -0.3 is 15.1 Å². The number of unbranched alkanes of at least 4 members (excludes halogenated alkanes) is 1. The Balaban J connectivity index is 1.85. The van der Waals surface area contributed by atoms with Crippen molar-refractivity contribution in [3.05, 3.63) is 0 Å². The third-order valence-electron chi connectivity index (χ3n) is 6.19. The van der Waals surface area contributed by atoms with Gasteiger partial charge in [0.15, 0.2) is 0 Å². The van der Waals surface area contributed by atoms with Crippen LogP contribution in [0, 0.1) is 36.0 Å². The van der Waals surface area contributed by atoms with E-state index in [1.165, 1.54) is 4.90 Å². The normalized spacial score (nSPS) is 36.9.